The van der Waals surface area contributed by atoms with Crippen molar-refractivity contribution in [2.75, 3.05) is 26.2 Å². The van der Waals surface area contributed by atoms with Crippen LogP contribution in [0.4, 0.5) is 0 Å². The summed E-state index contributed by atoms with van der Waals surface area (Å²) in [4.78, 5) is 2.04. The number of fused-ring (bicyclic) bond motifs is 1. The zero-order valence-corrected chi connectivity index (χ0v) is 15.5. The lowest BCUT2D eigenvalue weighted by molar-refractivity contribution is -0.930. The van der Waals surface area contributed by atoms with Crippen molar-refractivity contribution in [3.05, 3.63) is 42.5 Å². The highest BCUT2D eigenvalue weighted by atomic mass is 32.2. The molecule has 0 spiro atoms. The summed E-state index contributed by atoms with van der Waals surface area (Å²) in [5.74, 6) is 0. The van der Waals surface area contributed by atoms with Gasteiger partial charge in [-0.25, -0.2) is 8.42 Å². The van der Waals surface area contributed by atoms with Crippen LogP contribution < -0.4 is 4.90 Å². The maximum absolute atomic E-state index is 13.0. The van der Waals surface area contributed by atoms with Gasteiger partial charge in [0.1, 0.15) is 0 Å². The van der Waals surface area contributed by atoms with E-state index >= 15 is 0 Å². The molecule has 0 bridgehead atoms. The normalized spacial score (nSPS) is 21.6. The Bertz CT molecular complexity index is 836. The van der Waals surface area contributed by atoms with Gasteiger partial charge >= 0.3 is 0 Å². The van der Waals surface area contributed by atoms with E-state index in [2.05, 4.69) is 0 Å². The Morgan fingerprint density at radius 3 is 2.28 bits per heavy atom. The van der Waals surface area contributed by atoms with E-state index < -0.39 is 10.0 Å². The van der Waals surface area contributed by atoms with E-state index in [1.165, 1.54) is 32.1 Å². The van der Waals surface area contributed by atoms with Crippen LogP contribution in [0.25, 0.3) is 10.8 Å². The summed E-state index contributed by atoms with van der Waals surface area (Å²) >= 11 is 0. The van der Waals surface area contributed by atoms with Crippen LogP contribution in [0.1, 0.15) is 32.1 Å². The molecule has 1 aliphatic heterocycles. The van der Waals surface area contributed by atoms with Gasteiger partial charge < -0.3 is 4.90 Å². The molecule has 2 aromatic rings. The molecule has 4 rings (SSSR count). The lowest BCUT2D eigenvalue weighted by atomic mass is 9.94. The van der Waals surface area contributed by atoms with Crippen molar-refractivity contribution in [2.45, 2.75) is 43.0 Å². The van der Waals surface area contributed by atoms with Crippen molar-refractivity contribution in [3.63, 3.8) is 0 Å². The van der Waals surface area contributed by atoms with Gasteiger partial charge in [0.2, 0.25) is 10.0 Å². The molecular weight excluding hydrogens is 332 g/mol. The van der Waals surface area contributed by atoms with E-state index in [-0.39, 0.29) is 0 Å². The van der Waals surface area contributed by atoms with Crippen molar-refractivity contribution in [1.29, 1.82) is 0 Å². The number of benzene rings is 2. The highest BCUT2D eigenvalue weighted by Gasteiger charge is 2.33. The minimum Gasteiger partial charge on any atom is -0.330 e. The Morgan fingerprint density at radius 2 is 1.56 bits per heavy atom. The number of rotatable bonds is 3. The van der Waals surface area contributed by atoms with Gasteiger partial charge in [0.25, 0.3) is 0 Å². The van der Waals surface area contributed by atoms with E-state index in [9.17, 15) is 8.42 Å². The van der Waals surface area contributed by atoms with Gasteiger partial charge in [-0.1, -0.05) is 36.8 Å². The van der Waals surface area contributed by atoms with Crippen LogP contribution in [-0.4, -0.2) is 44.9 Å². The maximum atomic E-state index is 13.0. The minimum atomic E-state index is -3.39. The summed E-state index contributed by atoms with van der Waals surface area (Å²) in [6, 6.07) is 14.1. The van der Waals surface area contributed by atoms with Crippen molar-refractivity contribution in [2.24, 2.45) is 0 Å². The van der Waals surface area contributed by atoms with Crippen LogP contribution in [0.3, 0.4) is 0 Å². The molecule has 1 aliphatic carbocycles. The molecular formula is C20H27N2O2S+. The van der Waals surface area contributed by atoms with Crippen LogP contribution in [0.5, 0.6) is 0 Å². The molecule has 2 fully saturated rings. The molecule has 1 N–H and O–H groups in total. The van der Waals surface area contributed by atoms with Crippen LogP contribution in [-0.2, 0) is 10.0 Å². The molecule has 5 heteroatoms. The molecule has 0 aromatic heterocycles. The Balaban J connectivity index is 1.48. The van der Waals surface area contributed by atoms with E-state index in [4.69, 9.17) is 0 Å². The summed E-state index contributed by atoms with van der Waals surface area (Å²) < 4.78 is 27.7. The number of sulfonamides is 1. The summed E-state index contributed by atoms with van der Waals surface area (Å²) in [5, 5.41) is 2.06. The molecule has 1 saturated carbocycles. The van der Waals surface area contributed by atoms with Gasteiger partial charge in [0.05, 0.1) is 37.1 Å². The third kappa shape index (κ3) is 3.46. The standard InChI is InChI=1S/C20H26N2O2S/c23-25(24,20-11-10-17-6-4-5-7-18(17)16-20)22-14-12-21(13-15-22)19-8-2-1-3-9-19/h4-7,10-11,16,19H,1-3,8-9,12-15H2/p+1. The average molecular weight is 360 g/mol. The molecule has 1 heterocycles. The number of piperazine rings is 1. The number of hydrogen-bond acceptors (Lipinski definition) is 2. The van der Waals surface area contributed by atoms with Gasteiger partial charge in [0, 0.05) is 0 Å². The molecule has 2 aliphatic rings. The smallest absolute Gasteiger partial charge is 0.243 e. The van der Waals surface area contributed by atoms with Gasteiger partial charge in [0.15, 0.2) is 0 Å². The quantitative estimate of drug-likeness (QED) is 0.911. The first-order valence-corrected chi connectivity index (χ1v) is 10.9. The Morgan fingerprint density at radius 1 is 0.880 bits per heavy atom. The fourth-order valence-corrected chi connectivity index (χ4v) is 5.89. The van der Waals surface area contributed by atoms with Gasteiger partial charge in [-0.3, -0.25) is 0 Å². The molecule has 134 valence electrons. The summed E-state index contributed by atoms with van der Waals surface area (Å²) in [6.07, 6.45) is 6.67. The molecule has 4 nitrogen and oxygen atoms in total. The molecule has 0 radical (unpaired) electrons. The van der Waals surface area contributed by atoms with Crippen LogP contribution >= 0.6 is 0 Å². The number of nitrogens with one attached hydrogen (secondary N) is 1. The van der Waals surface area contributed by atoms with Crippen molar-refractivity contribution >= 4 is 20.8 Å². The second-order valence-corrected chi connectivity index (χ2v) is 9.34. The lowest BCUT2D eigenvalue weighted by Crippen LogP contribution is -3.18. The topological polar surface area (TPSA) is 41.8 Å². The van der Waals surface area contributed by atoms with Crippen LogP contribution in [0, 0.1) is 0 Å². The molecule has 25 heavy (non-hydrogen) atoms. The number of hydrogen-bond donors (Lipinski definition) is 1. The Labute approximate surface area is 150 Å². The van der Waals surface area contributed by atoms with E-state index in [1.54, 1.807) is 15.3 Å². The Hall–Kier alpha value is -1.43. The van der Waals surface area contributed by atoms with Gasteiger partial charge in [-0.15, -0.1) is 0 Å². The average Bonchev–Trinajstić information content (AvgIpc) is 2.68. The number of nitrogens with zero attached hydrogens (tertiary/aromatic N) is 1. The predicted octanol–water partition coefficient (Wildman–Crippen LogP) is 2.06. The second kappa shape index (κ2) is 7.06. The van der Waals surface area contributed by atoms with E-state index in [1.807, 2.05) is 36.4 Å². The van der Waals surface area contributed by atoms with E-state index in [0.717, 1.165) is 29.9 Å². The number of quaternary nitrogens is 1. The fraction of sp³-hybridized carbons (Fsp3) is 0.500. The molecule has 0 unspecified atom stereocenters. The SMILES string of the molecule is O=S(=O)(c1ccc2ccccc2c1)N1CC[NH+](C2CCCCC2)CC1. The Kier molecular flexibility index (Phi) is 4.80. The second-order valence-electron chi connectivity index (χ2n) is 7.41. The van der Waals surface area contributed by atoms with E-state index in [0.29, 0.717) is 18.0 Å². The highest BCUT2D eigenvalue weighted by Crippen LogP contribution is 2.22. The van der Waals surface area contributed by atoms with Crippen molar-refractivity contribution in [1.82, 2.24) is 4.31 Å². The molecule has 0 atom stereocenters. The van der Waals surface area contributed by atoms with Crippen molar-refractivity contribution < 1.29 is 13.3 Å². The van der Waals surface area contributed by atoms with Crippen LogP contribution in [0.2, 0.25) is 0 Å². The summed E-state index contributed by atoms with van der Waals surface area (Å²) in [6.45, 7) is 3.16. The van der Waals surface area contributed by atoms with Gasteiger partial charge in [-0.2, -0.15) is 4.31 Å². The van der Waals surface area contributed by atoms with Gasteiger partial charge in [-0.05, 0) is 48.6 Å². The minimum absolute atomic E-state index is 0.423. The molecule has 2 aromatic carbocycles. The van der Waals surface area contributed by atoms with Crippen molar-refractivity contribution in [3.8, 4) is 0 Å². The largest absolute Gasteiger partial charge is 0.330 e. The fourth-order valence-electron chi connectivity index (χ4n) is 4.41. The first-order valence-electron chi connectivity index (χ1n) is 9.48. The first kappa shape index (κ1) is 17.0. The summed E-state index contributed by atoms with van der Waals surface area (Å²) in [7, 11) is -3.39. The third-order valence-corrected chi connectivity index (χ3v) is 7.80. The molecule has 1 saturated heterocycles. The molecule has 0 amide bonds. The third-order valence-electron chi connectivity index (χ3n) is 5.91. The first-order chi connectivity index (χ1) is 12.1. The zero-order chi connectivity index (χ0) is 17.3. The highest BCUT2D eigenvalue weighted by molar-refractivity contribution is 7.89. The monoisotopic (exact) mass is 359 g/mol. The summed E-state index contributed by atoms with van der Waals surface area (Å²) in [5.41, 5.74) is 0. The lowest BCUT2D eigenvalue weighted by Gasteiger charge is -2.37. The predicted molar refractivity (Wildman–Crippen MR) is 100 cm³/mol. The van der Waals surface area contributed by atoms with Crippen LogP contribution in [0.15, 0.2) is 47.4 Å². The maximum Gasteiger partial charge on any atom is 0.243 e. The zero-order valence-electron chi connectivity index (χ0n) is 14.7.